The van der Waals surface area contributed by atoms with Gasteiger partial charge in [0, 0.05) is 38.8 Å². The van der Waals surface area contributed by atoms with Crippen LogP contribution in [0.3, 0.4) is 0 Å². The molecule has 10 aromatic rings. The molecule has 0 unspecified atom stereocenters. The summed E-state index contributed by atoms with van der Waals surface area (Å²) in [5.41, 5.74) is 13.7. The van der Waals surface area contributed by atoms with E-state index in [9.17, 15) is 0 Å². The Labute approximate surface area is 319 Å². The first-order valence-electron chi connectivity index (χ1n) is 18.4. The van der Waals surface area contributed by atoms with Gasteiger partial charge in [0.2, 0.25) is 0 Å². The summed E-state index contributed by atoms with van der Waals surface area (Å²) in [6.07, 6.45) is 0. The third kappa shape index (κ3) is 6.06. The van der Waals surface area contributed by atoms with Crippen molar-refractivity contribution >= 4 is 21.9 Å². The molecular weight excluding hydrogens is 671 g/mol. The van der Waals surface area contributed by atoms with Gasteiger partial charge in [-0.25, -0.2) is 15.0 Å². The molecule has 3 aromatic heterocycles. The lowest BCUT2D eigenvalue weighted by Gasteiger charge is -2.12. The lowest BCUT2D eigenvalue weighted by molar-refractivity contribution is 0.636. The molecule has 0 saturated carbocycles. The number of aromatic nitrogens is 3. The van der Waals surface area contributed by atoms with E-state index in [0.29, 0.717) is 5.82 Å². The third-order valence-corrected chi connectivity index (χ3v) is 10.1. The van der Waals surface area contributed by atoms with Gasteiger partial charge in [0.15, 0.2) is 5.82 Å². The first-order chi connectivity index (χ1) is 27.3. The summed E-state index contributed by atoms with van der Waals surface area (Å²) < 4.78 is 6.94. The Kier molecular flexibility index (Phi) is 8.12. The maximum Gasteiger partial charge on any atom is 0.160 e. The molecule has 0 fully saturated rings. The lowest BCUT2D eigenvalue weighted by Crippen LogP contribution is -1.96. The van der Waals surface area contributed by atoms with Gasteiger partial charge < -0.3 is 4.42 Å². The number of fused-ring (bicyclic) bond motifs is 3. The van der Waals surface area contributed by atoms with Crippen LogP contribution in [0.25, 0.3) is 101 Å². The number of benzene rings is 7. The molecule has 0 aliphatic heterocycles. The molecular formula is C51H33N3O. The lowest BCUT2D eigenvalue weighted by atomic mass is 9.94. The van der Waals surface area contributed by atoms with Crippen LogP contribution in [0, 0.1) is 0 Å². The SMILES string of the molecule is c1ccc(-c2cccc(-c3cc(-c4ccc(-c5c(-c6ccccc6)oc6c5c(-c5ccccc5)nc5ccccc56)cc4)nc(-c4ccccc4)n3)c2)cc1. The van der Waals surface area contributed by atoms with E-state index in [4.69, 9.17) is 19.4 Å². The van der Waals surface area contributed by atoms with Crippen LogP contribution in [0.2, 0.25) is 0 Å². The van der Waals surface area contributed by atoms with Gasteiger partial charge in [0.1, 0.15) is 11.3 Å². The number of rotatable bonds is 7. The van der Waals surface area contributed by atoms with Crippen molar-refractivity contribution in [2.45, 2.75) is 0 Å². The highest BCUT2D eigenvalue weighted by Gasteiger charge is 2.24. The molecule has 258 valence electrons. The predicted molar refractivity (Wildman–Crippen MR) is 225 cm³/mol. The van der Waals surface area contributed by atoms with Crippen LogP contribution in [0.4, 0.5) is 0 Å². The Morgan fingerprint density at radius 3 is 1.56 bits per heavy atom. The number of para-hydroxylation sites is 1. The van der Waals surface area contributed by atoms with Crippen molar-refractivity contribution in [1.29, 1.82) is 0 Å². The fourth-order valence-corrected chi connectivity index (χ4v) is 7.42. The summed E-state index contributed by atoms with van der Waals surface area (Å²) in [7, 11) is 0. The minimum absolute atomic E-state index is 0.680. The zero-order valence-electron chi connectivity index (χ0n) is 29.8. The highest BCUT2D eigenvalue weighted by molar-refractivity contribution is 6.16. The van der Waals surface area contributed by atoms with E-state index in [-0.39, 0.29) is 0 Å². The monoisotopic (exact) mass is 703 g/mol. The van der Waals surface area contributed by atoms with Crippen LogP contribution in [0.15, 0.2) is 205 Å². The van der Waals surface area contributed by atoms with Crippen LogP contribution in [-0.2, 0) is 0 Å². The first kappa shape index (κ1) is 32.2. The van der Waals surface area contributed by atoms with E-state index < -0.39 is 0 Å². The van der Waals surface area contributed by atoms with Crippen LogP contribution < -0.4 is 0 Å². The van der Waals surface area contributed by atoms with Gasteiger partial charge in [-0.2, -0.15) is 0 Å². The van der Waals surface area contributed by atoms with Gasteiger partial charge in [-0.15, -0.1) is 0 Å². The minimum atomic E-state index is 0.680. The molecule has 0 radical (unpaired) electrons. The van der Waals surface area contributed by atoms with Crippen LogP contribution >= 0.6 is 0 Å². The fourth-order valence-electron chi connectivity index (χ4n) is 7.42. The number of pyridine rings is 1. The molecule has 0 saturated heterocycles. The summed E-state index contributed by atoms with van der Waals surface area (Å²) in [6, 6.07) is 68.9. The van der Waals surface area contributed by atoms with Gasteiger partial charge in [-0.3, -0.25) is 0 Å². The first-order valence-corrected chi connectivity index (χ1v) is 18.4. The predicted octanol–water partition coefficient (Wildman–Crippen LogP) is 13.4. The molecule has 7 aromatic carbocycles. The van der Waals surface area contributed by atoms with Crippen molar-refractivity contribution in [2.24, 2.45) is 0 Å². The van der Waals surface area contributed by atoms with Crippen LogP contribution in [0.5, 0.6) is 0 Å². The minimum Gasteiger partial charge on any atom is -0.455 e. The molecule has 0 N–H and O–H groups in total. The van der Waals surface area contributed by atoms with E-state index in [1.165, 1.54) is 0 Å². The Bertz CT molecular complexity index is 2940. The Balaban J connectivity index is 1.15. The van der Waals surface area contributed by atoms with Gasteiger partial charge in [-0.05, 0) is 41.0 Å². The molecule has 10 rings (SSSR count). The molecule has 0 bridgehead atoms. The third-order valence-electron chi connectivity index (χ3n) is 10.1. The second-order valence-corrected chi connectivity index (χ2v) is 13.6. The summed E-state index contributed by atoms with van der Waals surface area (Å²) in [5.74, 6) is 1.49. The quantitative estimate of drug-likeness (QED) is 0.166. The highest BCUT2D eigenvalue weighted by Crippen LogP contribution is 2.47. The fraction of sp³-hybridized carbons (Fsp3) is 0. The normalized spacial score (nSPS) is 11.3. The van der Waals surface area contributed by atoms with Crippen molar-refractivity contribution in [3.05, 3.63) is 200 Å². The molecule has 0 aliphatic rings. The van der Waals surface area contributed by atoms with Gasteiger partial charge in [0.05, 0.1) is 28.0 Å². The largest absolute Gasteiger partial charge is 0.455 e. The maximum absolute atomic E-state index is 6.94. The number of nitrogens with zero attached hydrogens (tertiary/aromatic N) is 3. The topological polar surface area (TPSA) is 51.8 Å². The average molecular weight is 704 g/mol. The molecule has 55 heavy (non-hydrogen) atoms. The number of furan rings is 1. The molecule has 0 aliphatic carbocycles. The second kappa shape index (κ2) is 13.8. The van der Waals surface area contributed by atoms with Crippen LogP contribution in [0.1, 0.15) is 0 Å². The average Bonchev–Trinajstić information content (AvgIpc) is 3.68. The van der Waals surface area contributed by atoms with Crippen molar-refractivity contribution in [2.75, 3.05) is 0 Å². The second-order valence-electron chi connectivity index (χ2n) is 13.6. The Morgan fingerprint density at radius 2 is 0.873 bits per heavy atom. The summed E-state index contributed by atoms with van der Waals surface area (Å²) in [4.78, 5) is 15.5. The van der Waals surface area contributed by atoms with E-state index in [1.54, 1.807) is 0 Å². The molecule has 4 heteroatoms. The van der Waals surface area contributed by atoms with Crippen molar-refractivity contribution in [3.63, 3.8) is 0 Å². The molecule has 0 spiro atoms. The Hall–Kier alpha value is -7.43. The van der Waals surface area contributed by atoms with Gasteiger partial charge in [0.25, 0.3) is 0 Å². The van der Waals surface area contributed by atoms with E-state index >= 15 is 0 Å². The number of hydrogen-bond acceptors (Lipinski definition) is 4. The Morgan fingerprint density at radius 1 is 0.345 bits per heavy atom. The van der Waals surface area contributed by atoms with Gasteiger partial charge >= 0.3 is 0 Å². The molecule has 3 heterocycles. The van der Waals surface area contributed by atoms with Crippen molar-refractivity contribution in [3.8, 4) is 78.7 Å². The summed E-state index contributed by atoms with van der Waals surface area (Å²) in [6.45, 7) is 0. The zero-order chi connectivity index (χ0) is 36.6. The smallest absolute Gasteiger partial charge is 0.160 e. The van der Waals surface area contributed by atoms with E-state index in [2.05, 4.69) is 152 Å². The highest BCUT2D eigenvalue weighted by atomic mass is 16.3. The maximum atomic E-state index is 6.94. The zero-order valence-corrected chi connectivity index (χ0v) is 29.8. The summed E-state index contributed by atoms with van der Waals surface area (Å²) >= 11 is 0. The number of hydrogen-bond donors (Lipinski definition) is 0. The van der Waals surface area contributed by atoms with Crippen LogP contribution in [-0.4, -0.2) is 15.0 Å². The van der Waals surface area contributed by atoms with Crippen molar-refractivity contribution in [1.82, 2.24) is 15.0 Å². The molecule has 0 atom stereocenters. The molecule has 4 nitrogen and oxygen atoms in total. The van der Waals surface area contributed by atoms with Gasteiger partial charge in [-0.1, -0.05) is 176 Å². The molecule has 0 amide bonds. The summed E-state index contributed by atoms with van der Waals surface area (Å²) in [5, 5.41) is 1.97. The van der Waals surface area contributed by atoms with Crippen molar-refractivity contribution < 1.29 is 4.42 Å². The standard InChI is InChI=1S/C51H33N3O/c1-5-16-34(17-6-1)40-24-15-25-41(32-40)45-33-44(53-51(54-45)39-22-11-4-12-23-39)35-28-30-36(31-29-35)46-47-48(37-18-7-2-8-19-37)52-43-27-14-13-26-42(43)50(47)55-49(46)38-20-9-3-10-21-38/h1-33H. The van der Waals surface area contributed by atoms with E-state index in [0.717, 1.165) is 94.8 Å². The van der Waals surface area contributed by atoms with E-state index in [1.807, 2.05) is 48.5 Å².